The molecule has 12 N–H and O–H groups in total. The van der Waals surface area contributed by atoms with E-state index in [0.29, 0.717) is 38.5 Å². The Labute approximate surface area is 392 Å². The van der Waals surface area contributed by atoms with Gasteiger partial charge in [-0.1, -0.05) is 53.2 Å². The van der Waals surface area contributed by atoms with E-state index in [-0.39, 0.29) is 46.0 Å². The molecule has 0 aromatic rings. The van der Waals surface area contributed by atoms with Gasteiger partial charge in [0.15, 0.2) is 12.6 Å². The maximum absolute atomic E-state index is 15.0. The quantitative estimate of drug-likeness (QED) is 0.0986. The monoisotopic (exact) mass is 959 g/mol. The summed E-state index contributed by atoms with van der Waals surface area (Å²) in [6, 6.07) is 0. The van der Waals surface area contributed by atoms with Gasteiger partial charge >= 0.3 is 5.97 Å². The van der Waals surface area contributed by atoms with Gasteiger partial charge in [0.2, 0.25) is 6.29 Å². The van der Waals surface area contributed by atoms with E-state index >= 15 is 0 Å². The molecule has 7 fully saturated rings. The highest BCUT2D eigenvalue weighted by atomic mass is 16.8. The lowest BCUT2D eigenvalue weighted by Gasteiger charge is -2.71. The van der Waals surface area contributed by atoms with E-state index in [1.165, 1.54) is 12.5 Å². The summed E-state index contributed by atoms with van der Waals surface area (Å²) in [7, 11) is 0. The summed E-state index contributed by atoms with van der Waals surface area (Å²) < 4.78 is 34.7. The average Bonchev–Trinajstić information content (AvgIpc) is 3.28. The van der Waals surface area contributed by atoms with Crippen LogP contribution in [0.1, 0.15) is 106 Å². The molecule has 0 aromatic heterocycles. The van der Waals surface area contributed by atoms with Crippen LogP contribution in [0.5, 0.6) is 0 Å². The van der Waals surface area contributed by atoms with E-state index in [0.717, 1.165) is 19.3 Å². The van der Waals surface area contributed by atoms with Gasteiger partial charge < -0.3 is 89.7 Å². The van der Waals surface area contributed by atoms with Gasteiger partial charge in [-0.05, 0) is 104 Å². The maximum Gasteiger partial charge on any atom is 0.315 e. The van der Waals surface area contributed by atoms with Crippen molar-refractivity contribution >= 4 is 5.97 Å². The minimum Gasteiger partial charge on any atom is -0.432 e. The van der Waals surface area contributed by atoms with Crippen LogP contribution in [0.15, 0.2) is 11.6 Å². The van der Waals surface area contributed by atoms with Crippen molar-refractivity contribution in [3.63, 3.8) is 0 Å². The van der Waals surface area contributed by atoms with Crippen LogP contribution < -0.4 is 0 Å². The molecule has 5 aliphatic carbocycles. The van der Waals surface area contributed by atoms with Crippen molar-refractivity contribution in [3.05, 3.63) is 11.6 Å². The molecule has 8 aliphatic rings. The third-order valence-electron chi connectivity index (χ3n) is 19.4. The minimum absolute atomic E-state index is 0.0113. The number of rotatable bonds is 9. The Bertz CT molecular complexity index is 1830. The van der Waals surface area contributed by atoms with Crippen molar-refractivity contribution in [1.29, 1.82) is 0 Å². The molecule has 3 saturated heterocycles. The predicted molar refractivity (Wildman–Crippen MR) is 232 cm³/mol. The van der Waals surface area contributed by atoms with E-state index in [4.69, 9.17) is 28.4 Å². The third-order valence-corrected chi connectivity index (χ3v) is 19.4. The second-order valence-electron chi connectivity index (χ2n) is 23.5. The Balaban J connectivity index is 0.982. The van der Waals surface area contributed by atoms with Crippen molar-refractivity contribution in [1.82, 2.24) is 0 Å². The van der Waals surface area contributed by atoms with Gasteiger partial charge in [0.25, 0.3) is 0 Å². The number of aliphatic hydroxyl groups is 12. The zero-order chi connectivity index (χ0) is 49.1. The van der Waals surface area contributed by atoms with Gasteiger partial charge in [0.05, 0.1) is 43.5 Å². The molecule has 3 aliphatic heterocycles. The number of esters is 1. The highest BCUT2D eigenvalue weighted by Crippen LogP contribution is 2.76. The molecule has 67 heavy (non-hydrogen) atoms. The van der Waals surface area contributed by atoms with Crippen LogP contribution in [-0.4, -0.2) is 191 Å². The molecule has 0 spiro atoms. The summed E-state index contributed by atoms with van der Waals surface area (Å²) in [5.41, 5.74) is -1.76. The van der Waals surface area contributed by atoms with Crippen LogP contribution in [0.2, 0.25) is 0 Å². The van der Waals surface area contributed by atoms with Gasteiger partial charge in [-0.3, -0.25) is 4.79 Å². The Hall–Kier alpha value is -1.47. The lowest BCUT2D eigenvalue weighted by Crippen LogP contribution is -2.68. The van der Waals surface area contributed by atoms with E-state index < -0.39 is 134 Å². The summed E-state index contributed by atoms with van der Waals surface area (Å²) in [6.45, 7) is 13.0. The summed E-state index contributed by atoms with van der Waals surface area (Å²) in [6.07, 6.45) is -18.3. The molecule has 0 radical (unpaired) electrons. The number of carbonyl (C=O) groups excluding carboxylic acids is 1. The Morgan fingerprint density at radius 1 is 0.687 bits per heavy atom. The number of hydrogen-bond donors (Lipinski definition) is 12. The van der Waals surface area contributed by atoms with Gasteiger partial charge in [0, 0.05) is 5.41 Å². The van der Waals surface area contributed by atoms with Crippen LogP contribution in [0.4, 0.5) is 0 Å². The largest absolute Gasteiger partial charge is 0.432 e. The second-order valence-corrected chi connectivity index (χ2v) is 23.5. The normalized spacial score (nSPS) is 55.2. The fraction of sp³-hybridized carbons (Fsp3) is 0.938. The lowest BCUT2D eigenvalue weighted by molar-refractivity contribution is -0.361. The molecule has 3 heterocycles. The minimum atomic E-state index is -1.86. The smallest absolute Gasteiger partial charge is 0.315 e. The Morgan fingerprint density at radius 3 is 1.99 bits per heavy atom. The first-order valence-corrected chi connectivity index (χ1v) is 24.4. The van der Waals surface area contributed by atoms with Crippen molar-refractivity contribution < 1.29 is 94.5 Å². The van der Waals surface area contributed by atoms with Gasteiger partial charge in [-0.15, -0.1) is 0 Å². The summed E-state index contributed by atoms with van der Waals surface area (Å²) >= 11 is 0. The molecular weight excluding hydrogens is 881 g/mol. The zero-order valence-corrected chi connectivity index (χ0v) is 39.8. The zero-order valence-electron chi connectivity index (χ0n) is 39.8. The predicted octanol–water partition coefficient (Wildman–Crippen LogP) is -0.889. The maximum atomic E-state index is 15.0. The molecule has 8 rings (SSSR count). The summed E-state index contributed by atoms with van der Waals surface area (Å²) in [5, 5.41) is 130. The second kappa shape index (κ2) is 18.2. The first-order chi connectivity index (χ1) is 31.2. The molecular formula is C48H78O19. The molecule has 25 atom stereocenters. The van der Waals surface area contributed by atoms with Crippen LogP contribution in [0.25, 0.3) is 0 Å². The Morgan fingerprint density at radius 2 is 1.31 bits per heavy atom. The topological polar surface area (TPSA) is 315 Å². The number of ether oxygens (including phenoxy) is 6. The van der Waals surface area contributed by atoms with Crippen molar-refractivity contribution in [3.8, 4) is 0 Å². The molecule has 19 heteroatoms. The van der Waals surface area contributed by atoms with Crippen molar-refractivity contribution in [2.45, 2.75) is 211 Å². The van der Waals surface area contributed by atoms with Gasteiger partial charge in [0.1, 0.15) is 67.1 Å². The van der Waals surface area contributed by atoms with Crippen molar-refractivity contribution in [2.24, 2.45) is 50.2 Å². The SMILES string of the molecule is C[C@@H]1O[C@@H](O[C@H]2[C@H](O)[C@@H](O)[C@H](OC[C@H]3O[C@@H](OC(=O)[C@]45CCC(C)(C)C[C@H]4C4=CC[C@@H]6[C@@]7(C)C[C@@H](O)[C@H](O)[C@@](C)(CO)[C@H]7CC[C@@]6(C)[C@]4(C)CC5)[C@H](O)[C@@H](O)[C@@H]3O)O[C@@H]2CO)[C@H](O)[C@H](O)[C@H]1O. The van der Waals surface area contributed by atoms with Crippen LogP contribution in [0.3, 0.4) is 0 Å². The molecule has 4 saturated carbocycles. The summed E-state index contributed by atoms with van der Waals surface area (Å²) in [4.78, 5) is 15.0. The molecule has 0 aromatic carbocycles. The number of aliphatic hydroxyl groups excluding tert-OH is 12. The first-order valence-electron chi connectivity index (χ1n) is 24.4. The Kier molecular flexibility index (Phi) is 14.1. The van der Waals surface area contributed by atoms with Crippen LogP contribution in [0, 0.1) is 50.2 Å². The van der Waals surface area contributed by atoms with E-state index in [1.54, 1.807) is 0 Å². The summed E-state index contributed by atoms with van der Waals surface area (Å²) in [5.74, 6) is -0.715. The van der Waals surface area contributed by atoms with E-state index in [9.17, 15) is 66.1 Å². The molecule has 0 unspecified atom stereocenters. The number of allylic oxidation sites excluding steroid dienone is 2. The highest BCUT2D eigenvalue weighted by molar-refractivity contribution is 5.79. The van der Waals surface area contributed by atoms with Crippen LogP contribution >= 0.6 is 0 Å². The molecule has 0 amide bonds. The average molecular weight is 959 g/mol. The number of carbonyl (C=O) groups is 1. The van der Waals surface area contributed by atoms with Crippen molar-refractivity contribution in [2.75, 3.05) is 19.8 Å². The molecule has 0 bridgehead atoms. The van der Waals surface area contributed by atoms with Crippen LogP contribution in [-0.2, 0) is 33.2 Å². The fourth-order valence-electron chi connectivity index (χ4n) is 15.0. The first kappa shape index (κ1) is 51.9. The lowest BCUT2D eigenvalue weighted by atomic mass is 9.33. The number of fused-ring (bicyclic) bond motifs is 7. The van der Waals surface area contributed by atoms with E-state index in [2.05, 4.69) is 40.7 Å². The van der Waals surface area contributed by atoms with E-state index in [1.807, 2.05) is 6.92 Å². The van der Waals surface area contributed by atoms with Gasteiger partial charge in [-0.2, -0.15) is 0 Å². The highest BCUT2D eigenvalue weighted by Gasteiger charge is 2.71. The number of hydrogen-bond acceptors (Lipinski definition) is 19. The molecule has 384 valence electrons. The third kappa shape index (κ3) is 8.10. The molecule has 19 nitrogen and oxygen atoms in total. The fourth-order valence-corrected chi connectivity index (χ4v) is 15.0. The van der Waals surface area contributed by atoms with Gasteiger partial charge in [-0.25, -0.2) is 0 Å². The standard InChI is InChI=1S/C48H78O19/c1-21-29(52)31(54)34(57)40(63-21)66-37-25(18-49)64-39(36(59)33(37)56)62-19-26-30(53)32(55)35(58)41(65-26)67-42(61)48-14-12-43(2,3)16-23(48)22-8-9-28-44(4)17-24(51)38(60)45(5,20-50)27(44)10-11-47(28,7)46(22,6)13-15-48/h8,21,23-41,49-60H,9-20H2,1-7H3/t21-,23-,24+,25+,26+,27-,28+,29-,30+,31+,32-,33+,34+,35+,36+,37+,38-,39+,40-,41-,44-,45-,46+,47+,48-/m0/s1.